The van der Waals surface area contributed by atoms with Crippen LogP contribution in [0.5, 0.6) is 11.5 Å². The van der Waals surface area contributed by atoms with E-state index >= 15 is 0 Å². The zero-order valence-corrected chi connectivity index (χ0v) is 20.8. The number of thioether (sulfide) groups is 1. The van der Waals surface area contributed by atoms with Gasteiger partial charge in [0.1, 0.15) is 11.5 Å². The van der Waals surface area contributed by atoms with Gasteiger partial charge in [-0.05, 0) is 42.5 Å². The highest BCUT2D eigenvalue weighted by molar-refractivity contribution is 7.99. The van der Waals surface area contributed by atoms with Crippen LogP contribution >= 0.6 is 11.8 Å². The molecule has 36 heavy (non-hydrogen) atoms. The number of amides is 2. The van der Waals surface area contributed by atoms with Gasteiger partial charge < -0.3 is 20.1 Å². The van der Waals surface area contributed by atoms with Gasteiger partial charge in [0.05, 0.1) is 25.7 Å². The van der Waals surface area contributed by atoms with Crippen LogP contribution in [0.4, 0.5) is 11.4 Å². The summed E-state index contributed by atoms with van der Waals surface area (Å²) >= 11 is 1.26. The molecule has 0 aliphatic carbocycles. The Morgan fingerprint density at radius 2 is 1.67 bits per heavy atom. The third-order valence-electron chi connectivity index (χ3n) is 5.12. The van der Waals surface area contributed by atoms with Crippen LogP contribution in [-0.4, -0.2) is 46.6 Å². The van der Waals surface area contributed by atoms with Gasteiger partial charge in [-0.2, -0.15) is 0 Å². The smallest absolute Gasteiger partial charge is 0.234 e. The van der Waals surface area contributed by atoms with Gasteiger partial charge in [-0.25, -0.2) is 0 Å². The number of rotatable bonds is 9. The molecule has 9 nitrogen and oxygen atoms in total. The number of ether oxygens (including phenoxy) is 2. The highest BCUT2D eigenvalue weighted by Crippen LogP contribution is 2.30. The molecule has 0 unspecified atom stereocenters. The number of nitrogens with one attached hydrogen (secondary N) is 2. The zero-order valence-electron chi connectivity index (χ0n) is 20.0. The van der Waals surface area contributed by atoms with E-state index in [1.54, 1.807) is 25.3 Å². The minimum Gasteiger partial charge on any atom is -0.497 e. The number of nitrogens with zero attached hydrogens (tertiary/aromatic N) is 3. The number of carbonyl (C=O) groups is 2. The lowest BCUT2D eigenvalue weighted by molar-refractivity contribution is -0.114. The van der Waals surface area contributed by atoms with Crippen molar-refractivity contribution in [3.63, 3.8) is 0 Å². The molecule has 0 spiro atoms. The van der Waals surface area contributed by atoms with Gasteiger partial charge >= 0.3 is 0 Å². The Hall–Kier alpha value is -4.31. The standard InChI is InChI=1S/C26H25N5O4S/c1-17(32)27-19-9-14-23(35-3)22(15-19)28-24(33)16-36-26-30-29-25(18-7-5-4-6-8-18)31(26)20-10-12-21(34-2)13-11-20/h4-15H,16H2,1-3H3,(H,27,32)(H,28,33). The van der Waals surface area contributed by atoms with Crippen molar-refractivity contribution in [1.29, 1.82) is 0 Å². The molecule has 4 rings (SSSR count). The Morgan fingerprint density at radius 1 is 0.917 bits per heavy atom. The van der Waals surface area contributed by atoms with Crippen LogP contribution < -0.4 is 20.1 Å². The molecule has 0 atom stereocenters. The molecule has 1 heterocycles. The van der Waals surface area contributed by atoms with Gasteiger partial charge in [0.25, 0.3) is 0 Å². The molecule has 0 saturated heterocycles. The summed E-state index contributed by atoms with van der Waals surface area (Å²) in [6.07, 6.45) is 0. The number of anilines is 2. The van der Waals surface area contributed by atoms with Crippen molar-refractivity contribution >= 4 is 35.0 Å². The fourth-order valence-electron chi connectivity index (χ4n) is 3.50. The molecular weight excluding hydrogens is 478 g/mol. The molecule has 0 radical (unpaired) electrons. The largest absolute Gasteiger partial charge is 0.497 e. The minimum absolute atomic E-state index is 0.0800. The summed E-state index contributed by atoms with van der Waals surface area (Å²) in [4.78, 5) is 24.2. The molecule has 10 heteroatoms. The number of benzene rings is 3. The normalized spacial score (nSPS) is 10.5. The summed E-state index contributed by atoms with van der Waals surface area (Å²) < 4.78 is 12.5. The Bertz CT molecular complexity index is 1360. The van der Waals surface area contributed by atoms with Gasteiger partial charge in [-0.15, -0.1) is 10.2 Å². The van der Waals surface area contributed by atoms with Gasteiger partial charge in [0.2, 0.25) is 11.8 Å². The zero-order chi connectivity index (χ0) is 25.5. The summed E-state index contributed by atoms with van der Waals surface area (Å²) in [5.74, 6) is 1.49. The van der Waals surface area contributed by atoms with Gasteiger partial charge in [-0.1, -0.05) is 42.1 Å². The summed E-state index contributed by atoms with van der Waals surface area (Å²) in [5.41, 5.74) is 2.75. The Balaban J connectivity index is 1.57. The van der Waals surface area contributed by atoms with E-state index in [4.69, 9.17) is 9.47 Å². The number of hydrogen-bond donors (Lipinski definition) is 2. The summed E-state index contributed by atoms with van der Waals surface area (Å²) in [6.45, 7) is 1.42. The van der Waals surface area contributed by atoms with Crippen molar-refractivity contribution < 1.29 is 19.1 Å². The Kier molecular flexibility index (Phi) is 7.86. The quantitative estimate of drug-likeness (QED) is 0.320. The van der Waals surface area contributed by atoms with E-state index in [0.717, 1.165) is 17.0 Å². The third-order valence-corrected chi connectivity index (χ3v) is 6.05. The molecule has 0 aliphatic rings. The van der Waals surface area contributed by atoms with Crippen molar-refractivity contribution in [2.75, 3.05) is 30.6 Å². The highest BCUT2D eigenvalue weighted by Gasteiger charge is 2.18. The van der Waals surface area contributed by atoms with E-state index in [-0.39, 0.29) is 17.6 Å². The highest BCUT2D eigenvalue weighted by atomic mass is 32.2. The monoisotopic (exact) mass is 503 g/mol. The maximum absolute atomic E-state index is 12.8. The van der Waals surface area contributed by atoms with Crippen LogP contribution in [0.2, 0.25) is 0 Å². The van der Waals surface area contributed by atoms with Crippen LogP contribution in [-0.2, 0) is 9.59 Å². The van der Waals surface area contributed by atoms with E-state index < -0.39 is 0 Å². The first-order chi connectivity index (χ1) is 17.5. The van der Waals surface area contributed by atoms with Crippen molar-refractivity contribution in [2.24, 2.45) is 0 Å². The maximum Gasteiger partial charge on any atom is 0.234 e. The van der Waals surface area contributed by atoms with E-state index in [1.807, 2.05) is 59.2 Å². The average Bonchev–Trinajstić information content (AvgIpc) is 3.32. The number of carbonyl (C=O) groups excluding carboxylic acids is 2. The first-order valence-electron chi connectivity index (χ1n) is 11.0. The lowest BCUT2D eigenvalue weighted by Gasteiger charge is -2.13. The van der Waals surface area contributed by atoms with Crippen LogP contribution in [0, 0.1) is 0 Å². The van der Waals surface area contributed by atoms with Crippen molar-refractivity contribution in [1.82, 2.24) is 14.8 Å². The Morgan fingerprint density at radius 3 is 2.33 bits per heavy atom. The molecule has 0 aliphatic heterocycles. The summed E-state index contributed by atoms with van der Waals surface area (Å²) in [5, 5.41) is 14.9. The molecule has 2 amide bonds. The molecule has 184 valence electrons. The molecule has 1 aromatic heterocycles. The number of hydrogen-bond acceptors (Lipinski definition) is 7. The molecule has 3 aromatic carbocycles. The van der Waals surface area contributed by atoms with Crippen LogP contribution in [0.15, 0.2) is 78.0 Å². The van der Waals surface area contributed by atoms with Crippen LogP contribution in [0.1, 0.15) is 6.92 Å². The second kappa shape index (κ2) is 11.4. The summed E-state index contributed by atoms with van der Waals surface area (Å²) in [6, 6.07) is 22.3. The minimum atomic E-state index is -0.260. The predicted molar refractivity (Wildman–Crippen MR) is 140 cm³/mol. The topological polar surface area (TPSA) is 107 Å². The van der Waals surface area contributed by atoms with Gasteiger partial charge in [0.15, 0.2) is 11.0 Å². The Labute approximate surface area is 212 Å². The van der Waals surface area contributed by atoms with Crippen molar-refractivity contribution in [3.8, 4) is 28.6 Å². The number of methoxy groups -OCH3 is 2. The third kappa shape index (κ3) is 5.84. The fourth-order valence-corrected chi connectivity index (χ4v) is 4.26. The predicted octanol–water partition coefficient (Wildman–Crippen LogP) is 4.64. The average molecular weight is 504 g/mol. The molecule has 4 aromatic rings. The van der Waals surface area contributed by atoms with Crippen molar-refractivity contribution in [3.05, 3.63) is 72.8 Å². The number of aromatic nitrogens is 3. The van der Waals surface area contributed by atoms with E-state index in [2.05, 4.69) is 20.8 Å². The fraction of sp³-hybridized carbons (Fsp3) is 0.154. The SMILES string of the molecule is COc1ccc(-n2c(SCC(=O)Nc3cc(NC(C)=O)ccc3OC)nnc2-c2ccccc2)cc1. The first kappa shape index (κ1) is 24.8. The van der Waals surface area contributed by atoms with Gasteiger partial charge in [-0.3, -0.25) is 14.2 Å². The van der Waals surface area contributed by atoms with E-state index in [1.165, 1.54) is 25.8 Å². The van der Waals surface area contributed by atoms with E-state index in [0.29, 0.717) is 28.1 Å². The lowest BCUT2D eigenvalue weighted by atomic mass is 10.2. The lowest BCUT2D eigenvalue weighted by Crippen LogP contribution is -2.16. The molecule has 0 saturated carbocycles. The van der Waals surface area contributed by atoms with Crippen LogP contribution in [0.25, 0.3) is 17.1 Å². The maximum atomic E-state index is 12.8. The summed E-state index contributed by atoms with van der Waals surface area (Å²) in [7, 11) is 3.13. The molecular formula is C26H25N5O4S. The molecule has 0 fully saturated rings. The molecule has 0 bridgehead atoms. The second-order valence-electron chi connectivity index (χ2n) is 7.64. The van der Waals surface area contributed by atoms with E-state index in [9.17, 15) is 9.59 Å². The molecule has 2 N–H and O–H groups in total. The second-order valence-corrected chi connectivity index (χ2v) is 8.58. The van der Waals surface area contributed by atoms with Crippen molar-refractivity contribution in [2.45, 2.75) is 12.1 Å². The first-order valence-corrected chi connectivity index (χ1v) is 12.0. The van der Waals surface area contributed by atoms with Gasteiger partial charge in [0, 0.05) is 23.9 Å². The van der Waals surface area contributed by atoms with Crippen LogP contribution in [0.3, 0.4) is 0 Å².